The van der Waals surface area contributed by atoms with Gasteiger partial charge in [0.2, 0.25) is 0 Å². The van der Waals surface area contributed by atoms with Crippen LogP contribution >= 0.6 is 0 Å². The Balaban J connectivity index is 2.13. The van der Waals surface area contributed by atoms with Gasteiger partial charge in [0, 0.05) is 19.3 Å². The molecule has 0 radical (unpaired) electrons. The molecule has 0 bridgehead atoms. The topological polar surface area (TPSA) is 39.7 Å². The Morgan fingerprint density at radius 3 is 2.33 bits per heavy atom. The summed E-state index contributed by atoms with van der Waals surface area (Å²) in [5, 5.41) is 2.88. The summed E-state index contributed by atoms with van der Waals surface area (Å²) in [6.45, 7) is 2.78. The standard InChI is InChI=1S/C14H20F3NO3/c1-19-7-8-21-10-9-20-6-5-18-13-4-2-3-12(11-13)14(15,16)17/h2-4,11,18H,5-10H2,1H3. The zero-order chi connectivity index (χ0) is 15.6. The Kier molecular flexibility index (Phi) is 8.11. The summed E-state index contributed by atoms with van der Waals surface area (Å²) in [6.07, 6.45) is -4.33. The van der Waals surface area contributed by atoms with Crippen LogP contribution in [0.5, 0.6) is 0 Å². The van der Waals surface area contributed by atoms with Gasteiger partial charge in [-0.05, 0) is 18.2 Å². The van der Waals surface area contributed by atoms with Crippen molar-refractivity contribution in [2.75, 3.05) is 52.0 Å². The van der Waals surface area contributed by atoms with Gasteiger partial charge in [0.15, 0.2) is 0 Å². The van der Waals surface area contributed by atoms with Crippen molar-refractivity contribution in [3.8, 4) is 0 Å². The molecule has 0 atom stereocenters. The van der Waals surface area contributed by atoms with Crippen LogP contribution in [-0.4, -0.2) is 46.7 Å². The molecule has 1 N–H and O–H groups in total. The number of halogens is 3. The molecule has 0 spiro atoms. The van der Waals surface area contributed by atoms with Crippen molar-refractivity contribution in [3.05, 3.63) is 29.8 Å². The smallest absolute Gasteiger partial charge is 0.383 e. The van der Waals surface area contributed by atoms with Gasteiger partial charge in [-0.15, -0.1) is 0 Å². The second-order valence-electron chi connectivity index (χ2n) is 4.22. The van der Waals surface area contributed by atoms with Crippen molar-refractivity contribution in [2.45, 2.75) is 6.18 Å². The number of anilines is 1. The molecule has 1 aromatic carbocycles. The first kappa shape index (κ1) is 17.7. The fourth-order valence-electron chi connectivity index (χ4n) is 1.54. The molecule has 0 aliphatic heterocycles. The summed E-state index contributed by atoms with van der Waals surface area (Å²) in [6, 6.07) is 5.08. The normalized spacial score (nSPS) is 11.6. The molecule has 0 saturated carbocycles. The summed E-state index contributed by atoms with van der Waals surface area (Å²) in [7, 11) is 1.60. The Hall–Kier alpha value is -1.31. The molecule has 0 amide bonds. The summed E-state index contributed by atoms with van der Waals surface area (Å²) >= 11 is 0. The number of rotatable bonds is 10. The third kappa shape index (κ3) is 7.89. The number of benzene rings is 1. The number of nitrogens with one attached hydrogen (secondary N) is 1. The second-order valence-corrected chi connectivity index (χ2v) is 4.22. The molecule has 0 aliphatic rings. The zero-order valence-electron chi connectivity index (χ0n) is 11.9. The van der Waals surface area contributed by atoms with Crippen molar-refractivity contribution in [3.63, 3.8) is 0 Å². The van der Waals surface area contributed by atoms with Crippen molar-refractivity contribution >= 4 is 5.69 Å². The van der Waals surface area contributed by atoms with E-state index in [-0.39, 0.29) is 0 Å². The largest absolute Gasteiger partial charge is 0.416 e. The highest BCUT2D eigenvalue weighted by molar-refractivity contribution is 5.46. The van der Waals surface area contributed by atoms with Gasteiger partial charge in [-0.2, -0.15) is 13.2 Å². The molecule has 0 heterocycles. The van der Waals surface area contributed by atoms with Crippen LogP contribution in [0.2, 0.25) is 0 Å². The number of hydrogen-bond donors (Lipinski definition) is 1. The van der Waals surface area contributed by atoms with E-state index in [1.54, 1.807) is 13.2 Å². The van der Waals surface area contributed by atoms with Crippen LogP contribution in [0.3, 0.4) is 0 Å². The van der Waals surface area contributed by atoms with Crippen LogP contribution < -0.4 is 5.32 Å². The van der Waals surface area contributed by atoms with Gasteiger partial charge < -0.3 is 19.5 Å². The van der Waals surface area contributed by atoms with Crippen LogP contribution in [0.25, 0.3) is 0 Å². The fourth-order valence-corrected chi connectivity index (χ4v) is 1.54. The van der Waals surface area contributed by atoms with Crippen LogP contribution in [-0.2, 0) is 20.4 Å². The highest BCUT2D eigenvalue weighted by atomic mass is 19.4. The molecule has 1 rings (SSSR count). The van der Waals surface area contributed by atoms with E-state index >= 15 is 0 Å². The summed E-state index contributed by atoms with van der Waals surface area (Å²) in [5.41, 5.74) is -0.246. The molecule has 0 aliphatic carbocycles. The molecule has 21 heavy (non-hydrogen) atoms. The lowest BCUT2D eigenvalue weighted by molar-refractivity contribution is -0.137. The Labute approximate surface area is 122 Å². The maximum Gasteiger partial charge on any atom is 0.416 e. The van der Waals surface area contributed by atoms with E-state index in [1.165, 1.54) is 6.07 Å². The first-order chi connectivity index (χ1) is 10.0. The number of hydrogen-bond acceptors (Lipinski definition) is 4. The molecule has 0 unspecified atom stereocenters. The van der Waals surface area contributed by atoms with Gasteiger partial charge >= 0.3 is 6.18 Å². The Bertz CT molecular complexity index is 399. The van der Waals surface area contributed by atoms with Crippen molar-refractivity contribution in [1.29, 1.82) is 0 Å². The molecule has 0 saturated heterocycles. The SMILES string of the molecule is COCCOCCOCCNc1cccc(C(F)(F)F)c1. The molecule has 0 fully saturated rings. The predicted molar refractivity (Wildman–Crippen MR) is 73.4 cm³/mol. The Morgan fingerprint density at radius 2 is 1.67 bits per heavy atom. The van der Waals surface area contributed by atoms with E-state index in [1.807, 2.05) is 0 Å². The molecule has 120 valence electrons. The minimum Gasteiger partial charge on any atom is -0.383 e. The minimum atomic E-state index is -4.33. The first-order valence-corrected chi connectivity index (χ1v) is 6.59. The zero-order valence-corrected chi connectivity index (χ0v) is 11.9. The lowest BCUT2D eigenvalue weighted by Crippen LogP contribution is -2.14. The quantitative estimate of drug-likeness (QED) is 0.675. The van der Waals surface area contributed by atoms with E-state index in [9.17, 15) is 13.2 Å². The molecule has 0 aromatic heterocycles. The van der Waals surface area contributed by atoms with E-state index < -0.39 is 11.7 Å². The molecule has 4 nitrogen and oxygen atoms in total. The monoisotopic (exact) mass is 307 g/mol. The first-order valence-electron chi connectivity index (χ1n) is 6.59. The van der Waals surface area contributed by atoms with Crippen LogP contribution in [0.15, 0.2) is 24.3 Å². The van der Waals surface area contributed by atoms with Crippen LogP contribution in [0.4, 0.5) is 18.9 Å². The highest BCUT2D eigenvalue weighted by Crippen LogP contribution is 2.30. The average Bonchev–Trinajstić information content (AvgIpc) is 2.45. The number of alkyl halides is 3. The fraction of sp³-hybridized carbons (Fsp3) is 0.571. The summed E-state index contributed by atoms with van der Waals surface area (Å²) in [4.78, 5) is 0. The summed E-state index contributed by atoms with van der Waals surface area (Å²) in [5.74, 6) is 0. The highest BCUT2D eigenvalue weighted by Gasteiger charge is 2.30. The lowest BCUT2D eigenvalue weighted by atomic mass is 10.2. The summed E-state index contributed by atoms with van der Waals surface area (Å²) < 4.78 is 52.8. The molecular formula is C14H20F3NO3. The van der Waals surface area contributed by atoms with Crippen LogP contribution in [0, 0.1) is 0 Å². The average molecular weight is 307 g/mol. The molecule has 7 heteroatoms. The number of ether oxygens (including phenoxy) is 3. The van der Waals surface area contributed by atoms with Crippen molar-refractivity contribution in [2.24, 2.45) is 0 Å². The van der Waals surface area contributed by atoms with E-state index in [0.29, 0.717) is 45.3 Å². The second kappa shape index (κ2) is 9.59. The maximum atomic E-state index is 12.5. The van der Waals surface area contributed by atoms with Gasteiger partial charge in [-0.25, -0.2) is 0 Å². The minimum absolute atomic E-state index is 0.393. The van der Waals surface area contributed by atoms with Gasteiger partial charge in [0.05, 0.1) is 38.6 Å². The third-order valence-electron chi connectivity index (χ3n) is 2.57. The van der Waals surface area contributed by atoms with Crippen molar-refractivity contribution < 1.29 is 27.4 Å². The van der Waals surface area contributed by atoms with Crippen molar-refractivity contribution in [1.82, 2.24) is 0 Å². The number of methoxy groups -OCH3 is 1. The van der Waals surface area contributed by atoms with E-state index in [0.717, 1.165) is 12.1 Å². The molecule has 1 aromatic rings. The third-order valence-corrected chi connectivity index (χ3v) is 2.57. The van der Waals surface area contributed by atoms with E-state index in [2.05, 4.69) is 5.32 Å². The van der Waals surface area contributed by atoms with Gasteiger partial charge in [0.1, 0.15) is 0 Å². The Morgan fingerprint density at radius 1 is 1.00 bits per heavy atom. The maximum absolute atomic E-state index is 12.5. The van der Waals surface area contributed by atoms with Gasteiger partial charge in [0.25, 0.3) is 0 Å². The van der Waals surface area contributed by atoms with Gasteiger partial charge in [-0.1, -0.05) is 6.07 Å². The van der Waals surface area contributed by atoms with Crippen LogP contribution in [0.1, 0.15) is 5.56 Å². The predicted octanol–water partition coefficient (Wildman–Crippen LogP) is 2.80. The lowest BCUT2D eigenvalue weighted by Gasteiger charge is -2.11. The van der Waals surface area contributed by atoms with Gasteiger partial charge in [-0.3, -0.25) is 0 Å². The molecular weight excluding hydrogens is 287 g/mol. The van der Waals surface area contributed by atoms with E-state index in [4.69, 9.17) is 14.2 Å².